The number of hydrogen-bond acceptors (Lipinski definition) is 7. The molecule has 4 rings (SSSR count). The maximum atomic E-state index is 13.5. The molecule has 0 fully saturated rings. The third-order valence-corrected chi connectivity index (χ3v) is 4.57. The monoisotopic (exact) mass is 437 g/mol. The number of aryl methyl sites for hydroxylation is 1. The second-order valence-electron chi connectivity index (χ2n) is 6.27. The summed E-state index contributed by atoms with van der Waals surface area (Å²) >= 11 is 6.12. The van der Waals surface area contributed by atoms with Gasteiger partial charge in [0.15, 0.2) is 0 Å². The van der Waals surface area contributed by atoms with Crippen molar-refractivity contribution >= 4 is 34.3 Å². The minimum Gasteiger partial charge on any atom is -0.382 e. The average Bonchev–Trinajstić information content (AvgIpc) is 2.74. The minimum atomic E-state index is -0.402. The van der Waals surface area contributed by atoms with Crippen LogP contribution in [0.3, 0.4) is 0 Å². The number of hydrogen-bond donors (Lipinski definition) is 2. The van der Waals surface area contributed by atoms with Crippen molar-refractivity contribution in [1.82, 2.24) is 19.5 Å². The number of halogens is 2. The largest absolute Gasteiger partial charge is 0.382 e. The minimum absolute atomic E-state index is 0.0801. The Morgan fingerprint density at radius 2 is 1.94 bits per heavy atom. The highest BCUT2D eigenvalue weighted by Gasteiger charge is 2.14. The molecule has 0 aliphatic carbocycles. The van der Waals surface area contributed by atoms with Gasteiger partial charge >= 0.3 is 0 Å². The zero-order valence-corrected chi connectivity index (χ0v) is 17.1. The van der Waals surface area contributed by atoms with Crippen LogP contribution in [0.2, 0.25) is 5.02 Å². The summed E-state index contributed by atoms with van der Waals surface area (Å²) in [5.41, 5.74) is 11.4. The number of anilines is 2. The van der Waals surface area contributed by atoms with E-state index in [2.05, 4.69) is 15.0 Å². The Balaban J connectivity index is 0.000000229. The van der Waals surface area contributed by atoms with Crippen LogP contribution in [0.15, 0.2) is 53.5 Å². The normalized spacial score (nSPS) is 10.3. The molecule has 2 aromatic carbocycles. The van der Waals surface area contributed by atoms with Crippen molar-refractivity contribution in [3.05, 3.63) is 81.2 Å². The number of nitrogens with zero attached hydrogens (tertiary/aromatic N) is 5. The van der Waals surface area contributed by atoms with E-state index in [1.54, 1.807) is 30.3 Å². The fourth-order valence-electron chi connectivity index (χ4n) is 2.85. The predicted molar refractivity (Wildman–Crippen MR) is 117 cm³/mol. The average molecular weight is 438 g/mol. The van der Waals surface area contributed by atoms with E-state index in [9.17, 15) is 9.18 Å². The van der Waals surface area contributed by atoms with Gasteiger partial charge in [0, 0.05) is 6.42 Å². The maximum Gasteiger partial charge on any atom is 0.267 e. The lowest BCUT2D eigenvalue weighted by atomic mass is 10.2. The van der Waals surface area contributed by atoms with Crippen LogP contribution in [0.1, 0.15) is 18.3 Å². The third-order valence-electron chi connectivity index (χ3n) is 4.26. The summed E-state index contributed by atoms with van der Waals surface area (Å²) in [6, 6.07) is 12.8. The lowest BCUT2D eigenvalue weighted by molar-refractivity contribution is 0.625. The molecule has 0 unspecified atom stereocenters. The molecule has 8 nitrogen and oxygen atoms in total. The van der Waals surface area contributed by atoms with Crippen molar-refractivity contribution < 1.29 is 4.39 Å². The van der Waals surface area contributed by atoms with Gasteiger partial charge in [-0.05, 0) is 30.3 Å². The van der Waals surface area contributed by atoms with Gasteiger partial charge < -0.3 is 11.5 Å². The van der Waals surface area contributed by atoms with Crippen LogP contribution in [0.25, 0.3) is 16.6 Å². The molecule has 10 heteroatoms. The summed E-state index contributed by atoms with van der Waals surface area (Å²) in [6.07, 6.45) is 1.84. The van der Waals surface area contributed by atoms with Gasteiger partial charge in [-0.1, -0.05) is 30.7 Å². The first-order valence-electron chi connectivity index (χ1n) is 9.09. The van der Waals surface area contributed by atoms with Gasteiger partial charge in [-0.15, -0.1) is 0 Å². The van der Waals surface area contributed by atoms with Crippen molar-refractivity contribution in [1.29, 1.82) is 5.26 Å². The van der Waals surface area contributed by atoms with Crippen molar-refractivity contribution in [2.45, 2.75) is 13.3 Å². The van der Waals surface area contributed by atoms with Gasteiger partial charge in [0.1, 0.15) is 29.1 Å². The number of rotatable bonds is 2. The van der Waals surface area contributed by atoms with Crippen LogP contribution in [0.5, 0.6) is 0 Å². The fourth-order valence-corrected chi connectivity index (χ4v) is 3.10. The van der Waals surface area contributed by atoms with E-state index in [0.29, 0.717) is 33.9 Å². The molecule has 0 aliphatic heterocycles. The molecule has 2 heterocycles. The summed E-state index contributed by atoms with van der Waals surface area (Å²) in [5, 5.41) is 9.05. The second kappa shape index (κ2) is 9.19. The van der Waals surface area contributed by atoms with Gasteiger partial charge in [0.2, 0.25) is 5.95 Å². The van der Waals surface area contributed by atoms with Crippen molar-refractivity contribution in [3.63, 3.8) is 0 Å². The first-order chi connectivity index (χ1) is 14.8. The van der Waals surface area contributed by atoms with Crippen molar-refractivity contribution in [3.8, 4) is 11.8 Å². The third kappa shape index (κ3) is 4.60. The Labute approximate surface area is 181 Å². The van der Waals surface area contributed by atoms with Crippen LogP contribution in [-0.4, -0.2) is 19.5 Å². The molecule has 31 heavy (non-hydrogen) atoms. The maximum absolute atomic E-state index is 13.5. The van der Waals surface area contributed by atoms with Crippen LogP contribution >= 0.6 is 11.6 Å². The Morgan fingerprint density at radius 1 is 1.19 bits per heavy atom. The molecular formula is C21H17ClFN7O. The van der Waals surface area contributed by atoms with Crippen LogP contribution < -0.4 is 17.0 Å². The molecule has 0 radical (unpaired) electrons. The Hall–Kier alpha value is -4.03. The van der Waals surface area contributed by atoms with Gasteiger partial charge in [-0.2, -0.15) is 10.2 Å². The fraction of sp³-hybridized carbons (Fsp3) is 0.0952. The molecule has 0 bridgehead atoms. The number of aromatic nitrogens is 4. The van der Waals surface area contributed by atoms with E-state index in [4.69, 9.17) is 28.3 Å². The first-order valence-corrected chi connectivity index (χ1v) is 9.47. The molecule has 0 saturated carbocycles. The van der Waals surface area contributed by atoms with Gasteiger partial charge in [0.05, 0.1) is 27.8 Å². The number of fused-ring (bicyclic) bond motifs is 1. The van der Waals surface area contributed by atoms with Crippen LogP contribution in [0.4, 0.5) is 16.2 Å². The zero-order valence-electron chi connectivity index (χ0n) is 16.4. The molecule has 4 aromatic rings. The Morgan fingerprint density at radius 3 is 2.58 bits per heavy atom. The molecule has 156 valence electrons. The molecule has 0 amide bonds. The van der Waals surface area contributed by atoms with Gasteiger partial charge in [-0.25, -0.2) is 14.4 Å². The van der Waals surface area contributed by atoms with E-state index in [0.717, 1.165) is 0 Å². The lowest BCUT2D eigenvalue weighted by Gasteiger charge is -2.13. The van der Waals surface area contributed by atoms with Gasteiger partial charge in [0.25, 0.3) is 5.56 Å². The SMILES string of the molecule is CCc1nc2cccc(Cl)c2c(=O)n1-c1cccc(F)c1.N#Cc1cnc(N)nc1N. The van der Waals surface area contributed by atoms with Gasteiger partial charge in [-0.3, -0.25) is 9.36 Å². The second-order valence-corrected chi connectivity index (χ2v) is 6.68. The summed E-state index contributed by atoms with van der Waals surface area (Å²) in [7, 11) is 0. The highest BCUT2D eigenvalue weighted by Crippen LogP contribution is 2.20. The molecule has 0 aliphatic rings. The highest BCUT2D eigenvalue weighted by molar-refractivity contribution is 6.35. The highest BCUT2D eigenvalue weighted by atomic mass is 35.5. The summed E-state index contributed by atoms with van der Waals surface area (Å²) in [4.78, 5) is 24.4. The summed E-state index contributed by atoms with van der Waals surface area (Å²) in [6.45, 7) is 1.90. The number of nitrogen functional groups attached to an aromatic ring is 2. The number of benzene rings is 2. The van der Waals surface area contributed by atoms with E-state index < -0.39 is 5.82 Å². The molecular weight excluding hydrogens is 421 g/mol. The Bertz CT molecular complexity index is 1360. The van der Waals surface area contributed by atoms with Crippen LogP contribution in [-0.2, 0) is 6.42 Å². The molecule has 0 spiro atoms. The molecule has 2 aromatic heterocycles. The zero-order chi connectivity index (χ0) is 22.5. The van der Waals surface area contributed by atoms with E-state index >= 15 is 0 Å². The number of nitrogens with two attached hydrogens (primary N) is 2. The number of nitriles is 1. The van der Waals surface area contributed by atoms with E-state index in [1.807, 2.05) is 13.0 Å². The molecule has 0 atom stereocenters. The molecule has 0 saturated heterocycles. The van der Waals surface area contributed by atoms with Crippen molar-refractivity contribution in [2.24, 2.45) is 0 Å². The smallest absolute Gasteiger partial charge is 0.267 e. The van der Waals surface area contributed by atoms with E-state index in [1.165, 1.54) is 22.9 Å². The lowest BCUT2D eigenvalue weighted by Crippen LogP contribution is -2.24. The van der Waals surface area contributed by atoms with Crippen LogP contribution in [0, 0.1) is 17.1 Å². The molecule has 4 N–H and O–H groups in total. The topological polar surface area (TPSA) is 136 Å². The quantitative estimate of drug-likeness (QED) is 0.491. The standard InChI is InChI=1S/C16H12ClFN2O.C5H5N5/c1-2-14-19-13-8-4-7-12(17)15(13)16(21)20(14)11-6-3-5-10(18)9-11;6-1-3-2-9-5(8)10-4(3)7/h3-9H,2H2,1H3;2H,(H4,7,8,9,10). The van der Waals surface area contributed by atoms with E-state index in [-0.39, 0.29) is 22.9 Å². The first kappa shape index (κ1) is 21.7. The van der Waals surface area contributed by atoms with Crippen molar-refractivity contribution in [2.75, 3.05) is 11.5 Å². The summed E-state index contributed by atoms with van der Waals surface area (Å²) in [5.74, 6) is 0.368. The summed E-state index contributed by atoms with van der Waals surface area (Å²) < 4.78 is 14.9. The Kier molecular flexibility index (Phi) is 6.43. The predicted octanol–water partition coefficient (Wildman–Crippen LogP) is 3.25.